The summed E-state index contributed by atoms with van der Waals surface area (Å²) >= 11 is 0. The van der Waals surface area contributed by atoms with Gasteiger partial charge in [-0.1, -0.05) is 19.4 Å². The Morgan fingerprint density at radius 3 is 2.85 bits per heavy atom. The Labute approximate surface area is 158 Å². The van der Waals surface area contributed by atoms with E-state index in [1.165, 1.54) is 6.08 Å². The summed E-state index contributed by atoms with van der Waals surface area (Å²) in [7, 11) is 1.58. The number of ether oxygens (including phenoxy) is 4. The fourth-order valence-corrected chi connectivity index (χ4v) is 2.55. The average Bonchev–Trinajstić information content (AvgIpc) is 3.15. The van der Waals surface area contributed by atoms with Crippen LogP contribution >= 0.6 is 0 Å². The van der Waals surface area contributed by atoms with Crippen LogP contribution in [0.1, 0.15) is 25.3 Å². The van der Waals surface area contributed by atoms with Gasteiger partial charge in [-0.25, -0.2) is 0 Å². The summed E-state index contributed by atoms with van der Waals surface area (Å²) in [6.45, 7) is 2.92. The lowest BCUT2D eigenvalue weighted by atomic mass is 10.2. The fraction of sp³-hybridized carbons (Fsp3) is 0.286. The highest BCUT2D eigenvalue weighted by Gasteiger charge is 2.12. The van der Waals surface area contributed by atoms with Gasteiger partial charge in [0.2, 0.25) is 12.7 Å². The van der Waals surface area contributed by atoms with E-state index in [2.05, 4.69) is 12.2 Å². The van der Waals surface area contributed by atoms with E-state index in [4.69, 9.17) is 18.9 Å². The lowest BCUT2D eigenvalue weighted by Crippen LogP contribution is -2.10. The van der Waals surface area contributed by atoms with Crippen LogP contribution in [-0.4, -0.2) is 26.4 Å². The van der Waals surface area contributed by atoms with Crippen LogP contribution in [0.15, 0.2) is 42.5 Å². The van der Waals surface area contributed by atoms with E-state index in [1.807, 2.05) is 18.2 Å². The Bertz CT molecular complexity index is 831. The van der Waals surface area contributed by atoms with Gasteiger partial charge >= 0.3 is 0 Å². The fourth-order valence-electron chi connectivity index (χ4n) is 2.55. The second kappa shape index (κ2) is 8.98. The first-order valence-corrected chi connectivity index (χ1v) is 8.89. The summed E-state index contributed by atoms with van der Waals surface area (Å²) in [6, 6.07) is 10.9. The second-order valence-electron chi connectivity index (χ2n) is 6.00. The maximum atomic E-state index is 12.4. The van der Waals surface area contributed by atoms with Gasteiger partial charge in [-0.05, 0) is 42.3 Å². The van der Waals surface area contributed by atoms with Crippen molar-refractivity contribution in [2.45, 2.75) is 19.8 Å². The number of unbranched alkanes of at least 4 members (excludes halogenated alkanes) is 1. The molecule has 0 unspecified atom stereocenters. The Kier molecular flexibility index (Phi) is 6.20. The van der Waals surface area contributed by atoms with Crippen molar-refractivity contribution < 1.29 is 23.7 Å². The zero-order valence-corrected chi connectivity index (χ0v) is 15.5. The molecular formula is C21H23NO5. The van der Waals surface area contributed by atoms with Gasteiger partial charge in [-0.15, -0.1) is 0 Å². The molecule has 1 aliphatic rings. The first-order valence-electron chi connectivity index (χ1n) is 8.89. The summed E-state index contributed by atoms with van der Waals surface area (Å²) in [4.78, 5) is 12.4. The molecule has 1 amide bonds. The van der Waals surface area contributed by atoms with Gasteiger partial charge in [0.25, 0.3) is 0 Å². The van der Waals surface area contributed by atoms with Gasteiger partial charge in [0.1, 0.15) is 11.5 Å². The summed E-state index contributed by atoms with van der Waals surface area (Å²) in [6.07, 6.45) is 5.17. The van der Waals surface area contributed by atoms with E-state index in [0.717, 1.165) is 18.4 Å². The van der Waals surface area contributed by atoms with E-state index < -0.39 is 0 Å². The molecular weight excluding hydrogens is 346 g/mol. The topological polar surface area (TPSA) is 66.0 Å². The minimum Gasteiger partial charge on any atom is -0.497 e. The number of nitrogens with one attached hydrogen (secondary N) is 1. The SMILES string of the molecule is CCCCOc1ccc(OC)cc1NC(=O)/C=C/c1ccc2c(c1)OCO2. The minimum absolute atomic E-state index is 0.222. The molecule has 0 saturated carbocycles. The van der Waals surface area contributed by atoms with E-state index in [-0.39, 0.29) is 12.7 Å². The normalized spacial score (nSPS) is 12.2. The van der Waals surface area contributed by atoms with Crippen molar-refractivity contribution in [2.24, 2.45) is 0 Å². The second-order valence-corrected chi connectivity index (χ2v) is 6.00. The third-order valence-electron chi connectivity index (χ3n) is 4.02. The lowest BCUT2D eigenvalue weighted by molar-refractivity contribution is -0.111. The Morgan fingerprint density at radius 2 is 2.04 bits per heavy atom. The van der Waals surface area contributed by atoms with Crippen LogP contribution in [0.25, 0.3) is 6.08 Å². The number of hydrogen-bond donors (Lipinski definition) is 1. The number of anilines is 1. The third-order valence-corrected chi connectivity index (χ3v) is 4.02. The maximum Gasteiger partial charge on any atom is 0.248 e. The van der Waals surface area contributed by atoms with E-state index in [1.54, 1.807) is 31.4 Å². The number of methoxy groups -OCH3 is 1. The molecule has 1 heterocycles. The highest BCUT2D eigenvalue weighted by atomic mass is 16.7. The van der Waals surface area contributed by atoms with Crippen molar-refractivity contribution in [3.05, 3.63) is 48.0 Å². The molecule has 142 valence electrons. The minimum atomic E-state index is -0.263. The zero-order valence-electron chi connectivity index (χ0n) is 15.5. The Hall–Kier alpha value is -3.15. The molecule has 2 aromatic rings. The number of amides is 1. The highest BCUT2D eigenvalue weighted by molar-refractivity contribution is 6.03. The molecule has 0 saturated heterocycles. The van der Waals surface area contributed by atoms with Crippen LogP contribution in [0, 0.1) is 0 Å². The number of benzene rings is 2. The smallest absolute Gasteiger partial charge is 0.248 e. The quantitative estimate of drug-likeness (QED) is 0.556. The van der Waals surface area contributed by atoms with Crippen molar-refractivity contribution in [1.29, 1.82) is 0 Å². The van der Waals surface area contributed by atoms with Crippen LogP contribution in [0.3, 0.4) is 0 Å². The van der Waals surface area contributed by atoms with E-state index in [0.29, 0.717) is 35.3 Å². The molecule has 1 N–H and O–H groups in total. The van der Waals surface area contributed by atoms with Gasteiger partial charge < -0.3 is 24.3 Å². The number of hydrogen-bond acceptors (Lipinski definition) is 5. The van der Waals surface area contributed by atoms with E-state index >= 15 is 0 Å². The standard InChI is InChI=1S/C21H23NO5/c1-3-4-11-25-18-9-7-16(24-2)13-17(18)22-21(23)10-6-15-5-8-19-20(12-15)27-14-26-19/h5-10,12-13H,3-4,11,14H2,1-2H3,(H,22,23)/b10-6+. The molecule has 0 aromatic heterocycles. The highest BCUT2D eigenvalue weighted by Crippen LogP contribution is 2.33. The van der Waals surface area contributed by atoms with Crippen molar-refractivity contribution in [3.63, 3.8) is 0 Å². The lowest BCUT2D eigenvalue weighted by Gasteiger charge is -2.13. The van der Waals surface area contributed by atoms with Crippen molar-refractivity contribution >= 4 is 17.7 Å². The van der Waals surface area contributed by atoms with Crippen LogP contribution in [0.4, 0.5) is 5.69 Å². The van der Waals surface area contributed by atoms with Crippen LogP contribution in [0.5, 0.6) is 23.0 Å². The van der Waals surface area contributed by atoms with Gasteiger partial charge in [0.15, 0.2) is 11.5 Å². The first kappa shape index (κ1) is 18.6. The van der Waals surface area contributed by atoms with Crippen molar-refractivity contribution in [3.8, 4) is 23.0 Å². The Balaban J connectivity index is 1.68. The van der Waals surface area contributed by atoms with Crippen LogP contribution in [0.2, 0.25) is 0 Å². The van der Waals surface area contributed by atoms with Crippen LogP contribution < -0.4 is 24.3 Å². The zero-order chi connectivity index (χ0) is 19.1. The predicted octanol–water partition coefficient (Wildman–Crippen LogP) is 4.25. The third kappa shape index (κ3) is 4.94. The summed E-state index contributed by atoms with van der Waals surface area (Å²) < 4.78 is 21.6. The molecule has 27 heavy (non-hydrogen) atoms. The molecule has 2 aromatic carbocycles. The van der Waals surface area contributed by atoms with Crippen molar-refractivity contribution in [1.82, 2.24) is 0 Å². The van der Waals surface area contributed by atoms with Gasteiger partial charge in [-0.3, -0.25) is 4.79 Å². The monoisotopic (exact) mass is 369 g/mol. The van der Waals surface area contributed by atoms with Gasteiger partial charge in [-0.2, -0.15) is 0 Å². The summed E-state index contributed by atoms with van der Waals surface area (Å²) in [5.74, 6) is 2.39. The molecule has 6 heteroatoms. The number of carbonyl (C=O) groups excluding carboxylic acids is 1. The van der Waals surface area contributed by atoms with E-state index in [9.17, 15) is 4.79 Å². The molecule has 3 rings (SSSR count). The first-order chi connectivity index (χ1) is 13.2. The maximum absolute atomic E-state index is 12.4. The number of fused-ring (bicyclic) bond motifs is 1. The molecule has 6 nitrogen and oxygen atoms in total. The van der Waals surface area contributed by atoms with Gasteiger partial charge in [0.05, 0.1) is 19.4 Å². The molecule has 0 aliphatic carbocycles. The molecule has 0 atom stereocenters. The summed E-state index contributed by atoms with van der Waals surface area (Å²) in [5, 5.41) is 2.85. The average molecular weight is 369 g/mol. The largest absolute Gasteiger partial charge is 0.497 e. The molecule has 1 aliphatic heterocycles. The molecule has 0 radical (unpaired) electrons. The molecule has 0 fully saturated rings. The number of carbonyl (C=O) groups is 1. The molecule has 0 bridgehead atoms. The van der Waals surface area contributed by atoms with Crippen molar-refractivity contribution in [2.75, 3.05) is 25.8 Å². The summed E-state index contributed by atoms with van der Waals surface area (Å²) in [5.41, 5.74) is 1.42. The number of rotatable bonds is 8. The predicted molar refractivity (Wildman–Crippen MR) is 104 cm³/mol. The Morgan fingerprint density at radius 1 is 1.19 bits per heavy atom. The van der Waals surface area contributed by atoms with Gasteiger partial charge in [0, 0.05) is 12.1 Å². The molecule has 0 spiro atoms. The van der Waals surface area contributed by atoms with Crippen LogP contribution in [-0.2, 0) is 4.79 Å².